The van der Waals surface area contributed by atoms with Crippen LogP contribution in [0.2, 0.25) is 0 Å². The van der Waals surface area contributed by atoms with Crippen molar-refractivity contribution in [1.82, 2.24) is 4.72 Å². The molecule has 2 aromatic rings. The number of anilines is 1. The Morgan fingerprint density at radius 3 is 2.48 bits per heavy atom. The molecule has 0 aliphatic rings. The van der Waals surface area contributed by atoms with Crippen molar-refractivity contribution in [3.05, 3.63) is 43.6 Å². The number of nitrogen functional groups attached to an aromatic ring is 1. The van der Waals surface area contributed by atoms with Crippen LogP contribution in [0.15, 0.2) is 27.6 Å². The fourth-order valence-corrected chi connectivity index (χ4v) is 4.95. The fourth-order valence-electron chi connectivity index (χ4n) is 1.93. The molecule has 114 valence electrons. The van der Waals surface area contributed by atoms with E-state index in [0.29, 0.717) is 15.7 Å². The summed E-state index contributed by atoms with van der Waals surface area (Å²) in [5.41, 5.74) is 8.02. The first kappa shape index (κ1) is 16.5. The second-order valence-electron chi connectivity index (χ2n) is 4.89. The van der Waals surface area contributed by atoms with Gasteiger partial charge in [-0.1, -0.05) is 15.9 Å². The number of rotatable bonds is 4. The van der Waals surface area contributed by atoms with E-state index in [0.717, 1.165) is 4.88 Å². The molecule has 0 unspecified atom stereocenters. The van der Waals surface area contributed by atoms with E-state index in [2.05, 4.69) is 20.7 Å². The molecule has 3 N–H and O–H groups in total. The summed E-state index contributed by atoms with van der Waals surface area (Å²) in [6.07, 6.45) is 0. The number of halogens is 1. The zero-order chi connectivity index (χ0) is 15.8. The van der Waals surface area contributed by atoms with Crippen molar-refractivity contribution in [1.29, 1.82) is 0 Å². The van der Waals surface area contributed by atoms with E-state index in [9.17, 15) is 8.42 Å². The average Bonchev–Trinajstić information content (AvgIpc) is 2.71. The summed E-state index contributed by atoms with van der Waals surface area (Å²) in [6.45, 7) is 6.03. The second-order valence-corrected chi connectivity index (χ2v) is 8.89. The molecular formula is C14H17BrN2O2S2. The molecule has 0 radical (unpaired) electrons. The highest BCUT2D eigenvalue weighted by molar-refractivity contribution is 9.10. The molecular weight excluding hydrogens is 372 g/mol. The Morgan fingerprint density at radius 1 is 1.24 bits per heavy atom. The average molecular weight is 389 g/mol. The number of aryl methyl sites for hydroxylation is 2. The van der Waals surface area contributed by atoms with Crippen molar-refractivity contribution in [2.75, 3.05) is 5.73 Å². The van der Waals surface area contributed by atoms with Crippen LogP contribution in [0.4, 0.5) is 5.69 Å². The monoisotopic (exact) mass is 388 g/mol. The highest BCUT2D eigenvalue weighted by Crippen LogP contribution is 2.27. The lowest BCUT2D eigenvalue weighted by molar-refractivity contribution is 0.581. The lowest BCUT2D eigenvalue weighted by atomic mass is 10.2. The Hall–Kier alpha value is -0.890. The first-order valence-corrected chi connectivity index (χ1v) is 9.41. The Bertz CT molecular complexity index is 763. The quantitative estimate of drug-likeness (QED) is 0.787. The predicted molar refractivity (Wildman–Crippen MR) is 91.1 cm³/mol. The number of hydrogen-bond acceptors (Lipinski definition) is 4. The van der Waals surface area contributed by atoms with Gasteiger partial charge in [0, 0.05) is 26.5 Å². The van der Waals surface area contributed by atoms with Crippen molar-refractivity contribution in [2.45, 2.75) is 32.2 Å². The van der Waals surface area contributed by atoms with Gasteiger partial charge in [0.2, 0.25) is 10.0 Å². The lowest BCUT2D eigenvalue weighted by Gasteiger charge is -2.11. The van der Waals surface area contributed by atoms with E-state index in [1.807, 2.05) is 19.9 Å². The Balaban J connectivity index is 2.27. The Labute approximate surface area is 137 Å². The van der Waals surface area contributed by atoms with Crippen molar-refractivity contribution in [3.63, 3.8) is 0 Å². The molecule has 0 saturated carbocycles. The maximum absolute atomic E-state index is 12.4. The molecule has 0 amide bonds. The molecule has 1 heterocycles. The minimum absolute atomic E-state index is 0.208. The summed E-state index contributed by atoms with van der Waals surface area (Å²) in [7, 11) is -3.59. The van der Waals surface area contributed by atoms with Gasteiger partial charge >= 0.3 is 0 Å². The zero-order valence-corrected chi connectivity index (χ0v) is 15.2. The van der Waals surface area contributed by atoms with Crippen molar-refractivity contribution >= 4 is 43.0 Å². The number of nitrogens with one attached hydrogen (secondary N) is 1. The zero-order valence-electron chi connectivity index (χ0n) is 12.0. The molecule has 1 aromatic carbocycles. The van der Waals surface area contributed by atoms with Crippen molar-refractivity contribution < 1.29 is 8.42 Å². The molecule has 4 nitrogen and oxygen atoms in total. The minimum atomic E-state index is -3.59. The van der Waals surface area contributed by atoms with Gasteiger partial charge in [0.1, 0.15) is 0 Å². The van der Waals surface area contributed by atoms with Gasteiger partial charge in [0.15, 0.2) is 0 Å². The van der Waals surface area contributed by atoms with Gasteiger partial charge in [-0.2, -0.15) is 0 Å². The lowest BCUT2D eigenvalue weighted by Crippen LogP contribution is -2.24. The van der Waals surface area contributed by atoms with Crippen molar-refractivity contribution in [2.24, 2.45) is 0 Å². The van der Waals surface area contributed by atoms with Crippen LogP contribution >= 0.6 is 27.3 Å². The fraction of sp³-hybridized carbons (Fsp3) is 0.286. The number of sulfonamides is 1. The second kappa shape index (κ2) is 6.08. The summed E-state index contributed by atoms with van der Waals surface area (Å²) in [4.78, 5) is 2.40. The Kier molecular flexibility index (Phi) is 4.77. The van der Waals surface area contributed by atoms with E-state index < -0.39 is 10.0 Å². The highest BCUT2D eigenvalue weighted by atomic mass is 79.9. The minimum Gasteiger partial charge on any atom is -0.398 e. The van der Waals surface area contributed by atoms with E-state index in [1.54, 1.807) is 30.4 Å². The summed E-state index contributed by atoms with van der Waals surface area (Å²) < 4.78 is 28.2. The third-order valence-corrected chi connectivity index (χ3v) is 6.45. The maximum Gasteiger partial charge on any atom is 0.241 e. The van der Waals surface area contributed by atoms with E-state index >= 15 is 0 Å². The van der Waals surface area contributed by atoms with Crippen LogP contribution in [-0.2, 0) is 16.6 Å². The van der Waals surface area contributed by atoms with Crippen LogP contribution in [-0.4, -0.2) is 8.42 Å². The van der Waals surface area contributed by atoms with Crippen molar-refractivity contribution in [3.8, 4) is 0 Å². The molecule has 0 spiro atoms. The van der Waals surface area contributed by atoms with Crippen LogP contribution in [0, 0.1) is 20.8 Å². The van der Waals surface area contributed by atoms with Gasteiger partial charge in [0.05, 0.1) is 4.90 Å². The van der Waals surface area contributed by atoms with E-state index in [4.69, 9.17) is 5.73 Å². The molecule has 7 heteroatoms. The number of nitrogens with two attached hydrogens (primary N) is 1. The van der Waals surface area contributed by atoms with Gasteiger partial charge < -0.3 is 5.73 Å². The maximum atomic E-state index is 12.4. The normalized spacial score (nSPS) is 11.8. The van der Waals surface area contributed by atoms with Crippen LogP contribution in [0.1, 0.15) is 20.9 Å². The molecule has 0 bridgehead atoms. The molecule has 0 fully saturated rings. The third kappa shape index (κ3) is 3.66. The predicted octanol–water partition coefficient (Wildman–Crippen LogP) is 3.50. The molecule has 0 atom stereocenters. The standard InChI is InChI=1S/C14H17BrN2O2S2/c1-8-4-12(20-10(8)3)7-17-21(18,19)14-6-11(15)5-13(16)9(14)2/h4-6,17H,7,16H2,1-3H3. The van der Waals surface area contributed by atoms with Crippen LogP contribution in [0.25, 0.3) is 0 Å². The van der Waals surface area contributed by atoms with E-state index in [-0.39, 0.29) is 11.4 Å². The summed E-state index contributed by atoms with van der Waals surface area (Å²) >= 11 is 4.88. The first-order chi connectivity index (χ1) is 9.70. The molecule has 1 aromatic heterocycles. The number of thiophene rings is 1. The van der Waals surface area contributed by atoms with E-state index in [1.165, 1.54) is 10.4 Å². The molecule has 0 aliphatic carbocycles. The summed E-state index contributed by atoms with van der Waals surface area (Å²) in [5.74, 6) is 0. The largest absolute Gasteiger partial charge is 0.398 e. The SMILES string of the molecule is Cc1cc(CNS(=O)(=O)c2cc(Br)cc(N)c2C)sc1C. The molecule has 0 aliphatic heterocycles. The van der Waals surface area contributed by atoms with Crippen LogP contribution < -0.4 is 10.5 Å². The topological polar surface area (TPSA) is 72.2 Å². The summed E-state index contributed by atoms with van der Waals surface area (Å²) in [5, 5.41) is 0. The van der Waals surface area contributed by atoms with Crippen LogP contribution in [0.3, 0.4) is 0 Å². The molecule has 21 heavy (non-hydrogen) atoms. The number of hydrogen-bond donors (Lipinski definition) is 2. The Morgan fingerprint density at radius 2 is 1.90 bits per heavy atom. The van der Waals surface area contributed by atoms with Gasteiger partial charge in [-0.3, -0.25) is 0 Å². The van der Waals surface area contributed by atoms with Gasteiger partial charge in [-0.15, -0.1) is 11.3 Å². The van der Waals surface area contributed by atoms with Crippen LogP contribution in [0.5, 0.6) is 0 Å². The van der Waals surface area contributed by atoms with Gasteiger partial charge in [0.25, 0.3) is 0 Å². The first-order valence-electron chi connectivity index (χ1n) is 6.32. The number of benzene rings is 1. The molecule has 0 saturated heterocycles. The molecule has 2 rings (SSSR count). The smallest absolute Gasteiger partial charge is 0.241 e. The highest BCUT2D eigenvalue weighted by Gasteiger charge is 2.19. The summed E-state index contributed by atoms with van der Waals surface area (Å²) in [6, 6.07) is 5.27. The van der Waals surface area contributed by atoms with Gasteiger partial charge in [-0.25, -0.2) is 13.1 Å². The van der Waals surface area contributed by atoms with Gasteiger partial charge in [-0.05, 0) is 50.1 Å². The third-order valence-electron chi connectivity index (χ3n) is 3.31.